The predicted octanol–water partition coefficient (Wildman–Crippen LogP) is 1.00. The number of ether oxygens (including phenoxy) is 2. The Hall–Kier alpha value is -1.89. The highest BCUT2D eigenvalue weighted by atomic mass is 16.6. The lowest BCUT2D eigenvalue weighted by atomic mass is 10.2. The molecule has 0 aliphatic carbocycles. The average molecular weight is 299 g/mol. The zero-order valence-corrected chi connectivity index (χ0v) is 12.7. The number of likely N-dealkylation sites (tertiary alicyclic amines) is 1. The highest BCUT2D eigenvalue weighted by Gasteiger charge is 2.42. The van der Waals surface area contributed by atoms with E-state index in [1.165, 1.54) is 6.92 Å². The van der Waals surface area contributed by atoms with Gasteiger partial charge in [0.15, 0.2) is 0 Å². The van der Waals surface area contributed by atoms with Crippen LogP contribution in [0.3, 0.4) is 0 Å². The Morgan fingerprint density at radius 1 is 1.29 bits per heavy atom. The predicted molar refractivity (Wildman–Crippen MR) is 73.3 cm³/mol. The summed E-state index contributed by atoms with van der Waals surface area (Å²) in [4.78, 5) is 36.4. The molecule has 0 radical (unpaired) electrons. The number of esters is 2. The first-order valence-corrected chi connectivity index (χ1v) is 6.60. The maximum absolute atomic E-state index is 12.0. The van der Waals surface area contributed by atoms with Crippen molar-refractivity contribution in [1.82, 2.24) is 4.90 Å². The van der Waals surface area contributed by atoms with Gasteiger partial charge in [-0.1, -0.05) is 6.58 Å². The van der Waals surface area contributed by atoms with Crippen LogP contribution in [-0.4, -0.2) is 52.3 Å². The molecule has 2 atom stereocenters. The average Bonchev–Trinajstić information content (AvgIpc) is 2.69. The SMILES string of the molecule is C=C(C)C(=O)OC(=O)[C@H]1C[C@@H](O)CN1C(=O)OC(C)(C)C. The van der Waals surface area contributed by atoms with Gasteiger partial charge in [-0.3, -0.25) is 4.90 Å². The van der Waals surface area contributed by atoms with Crippen molar-refractivity contribution in [2.75, 3.05) is 6.54 Å². The number of nitrogens with zero attached hydrogens (tertiary/aromatic N) is 1. The molecule has 0 bridgehead atoms. The van der Waals surface area contributed by atoms with Crippen molar-refractivity contribution in [2.24, 2.45) is 0 Å². The molecule has 21 heavy (non-hydrogen) atoms. The molecule has 0 aromatic carbocycles. The Morgan fingerprint density at radius 2 is 1.86 bits per heavy atom. The van der Waals surface area contributed by atoms with Crippen molar-refractivity contribution in [3.05, 3.63) is 12.2 Å². The largest absolute Gasteiger partial charge is 0.444 e. The molecular weight excluding hydrogens is 278 g/mol. The molecule has 1 amide bonds. The van der Waals surface area contributed by atoms with Crippen molar-refractivity contribution in [1.29, 1.82) is 0 Å². The smallest absolute Gasteiger partial charge is 0.411 e. The first-order chi connectivity index (χ1) is 9.51. The van der Waals surface area contributed by atoms with Gasteiger partial charge < -0.3 is 14.6 Å². The van der Waals surface area contributed by atoms with E-state index in [0.29, 0.717) is 0 Å². The molecule has 0 saturated carbocycles. The van der Waals surface area contributed by atoms with Crippen molar-refractivity contribution in [3.63, 3.8) is 0 Å². The van der Waals surface area contributed by atoms with Gasteiger partial charge in [0.25, 0.3) is 0 Å². The number of carbonyl (C=O) groups is 3. The highest BCUT2D eigenvalue weighted by Crippen LogP contribution is 2.22. The third-order valence-electron chi connectivity index (χ3n) is 2.72. The standard InChI is InChI=1S/C14H21NO6/c1-8(2)11(17)20-12(18)10-6-9(16)7-15(10)13(19)21-14(3,4)5/h9-10,16H,1,6-7H2,2-5H3/t9-,10-/m1/s1. The maximum Gasteiger partial charge on any atom is 0.411 e. The zero-order valence-electron chi connectivity index (χ0n) is 12.7. The number of hydrogen-bond donors (Lipinski definition) is 1. The molecule has 1 rings (SSSR count). The molecule has 0 aromatic rings. The molecule has 118 valence electrons. The van der Waals surface area contributed by atoms with E-state index in [9.17, 15) is 19.5 Å². The Labute approximate surface area is 123 Å². The minimum Gasteiger partial charge on any atom is -0.444 e. The third kappa shape index (κ3) is 4.86. The van der Waals surface area contributed by atoms with E-state index in [2.05, 4.69) is 11.3 Å². The molecule has 7 nitrogen and oxygen atoms in total. The summed E-state index contributed by atoms with van der Waals surface area (Å²) in [6.45, 7) is 9.80. The minimum absolute atomic E-state index is 0.00153. The van der Waals surface area contributed by atoms with Crippen LogP contribution in [0.4, 0.5) is 4.79 Å². The van der Waals surface area contributed by atoms with Gasteiger partial charge in [-0.15, -0.1) is 0 Å². The van der Waals surface area contributed by atoms with Crippen molar-refractivity contribution in [2.45, 2.75) is 51.9 Å². The van der Waals surface area contributed by atoms with Gasteiger partial charge >= 0.3 is 18.0 Å². The van der Waals surface area contributed by atoms with Crippen LogP contribution in [0.15, 0.2) is 12.2 Å². The second kappa shape index (κ2) is 6.26. The molecule has 1 aliphatic heterocycles. The molecule has 0 aromatic heterocycles. The van der Waals surface area contributed by atoms with Crippen LogP contribution >= 0.6 is 0 Å². The lowest BCUT2D eigenvalue weighted by molar-refractivity contribution is -0.160. The number of rotatable bonds is 2. The fraction of sp³-hybridized carbons (Fsp3) is 0.643. The molecule has 1 fully saturated rings. The zero-order chi connectivity index (χ0) is 16.4. The topological polar surface area (TPSA) is 93.1 Å². The van der Waals surface area contributed by atoms with Crippen LogP contribution in [0.25, 0.3) is 0 Å². The summed E-state index contributed by atoms with van der Waals surface area (Å²) in [5.41, 5.74) is -0.655. The monoisotopic (exact) mass is 299 g/mol. The molecule has 1 aliphatic rings. The molecule has 1 heterocycles. The quantitative estimate of drug-likeness (QED) is 0.464. The summed E-state index contributed by atoms with van der Waals surface area (Å²) in [7, 11) is 0. The Bertz CT molecular complexity index is 465. The van der Waals surface area contributed by atoms with E-state index in [0.717, 1.165) is 4.90 Å². The first-order valence-electron chi connectivity index (χ1n) is 6.60. The van der Waals surface area contributed by atoms with Crippen LogP contribution in [0, 0.1) is 0 Å². The van der Waals surface area contributed by atoms with E-state index in [1.807, 2.05) is 0 Å². The van der Waals surface area contributed by atoms with Gasteiger partial charge in [-0.25, -0.2) is 14.4 Å². The number of aliphatic hydroxyl groups is 1. The number of β-amino-alcohol motifs (C(OH)–C–C–N with tert-alkyl or cyclic N) is 1. The fourth-order valence-electron chi connectivity index (χ4n) is 1.81. The van der Waals surface area contributed by atoms with Gasteiger partial charge in [0.2, 0.25) is 0 Å². The second-order valence-electron chi connectivity index (χ2n) is 6.03. The number of amides is 1. The Morgan fingerprint density at radius 3 is 2.33 bits per heavy atom. The van der Waals surface area contributed by atoms with Crippen LogP contribution in [0.5, 0.6) is 0 Å². The van der Waals surface area contributed by atoms with Crippen LogP contribution in [0.2, 0.25) is 0 Å². The summed E-state index contributed by atoms with van der Waals surface area (Å²) >= 11 is 0. The van der Waals surface area contributed by atoms with Gasteiger partial charge in [0.05, 0.1) is 12.6 Å². The van der Waals surface area contributed by atoms with Crippen molar-refractivity contribution in [3.8, 4) is 0 Å². The van der Waals surface area contributed by atoms with E-state index in [1.54, 1.807) is 20.8 Å². The maximum atomic E-state index is 12.0. The summed E-state index contributed by atoms with van der Waals surface area (Å²) in [5, 5.41) is 9.65. The van der Waals surface area contributed by atoms with Crippen LogP contribution in [0.1, 0.15) is 34.1 Å². The highest BCUT2D eigenvalue weighted by molar-refractivity contribution is 5.97. The summed E-state index contributed by atoms with van der Waals surface area (Å²) < 4.78 is 9.79. The Kier molecular flexibility index (Phi) is 5.11. The van der Waals surface area contributed by atoms with Crippen LogP contribution < -0.4 is 0 Å². The first kappa shape index (κ1) is 17.2. The second-order valence-corrected chi connectivity index (χ2v) is 6.03. The summed E-state index contributed by atoms with van der Waals surface area (Å²) in [6, 6.07) is -1.04. The lowest BCUT2D eigenvalue weighted by Crippen LogP contribution is -2.44. The number of carbonyl (C=O) groups excluding carboxylic acids is 3. The van der Waals surface area contributed by atoms with E-state index in [4.69, 9.17) is 4.74 Å². The summed E-state index contributed by atoms with van der Waals surface area (Å²) in [6.07, 6.45) is -1.60. The van der Waals surface area contributed by atoms with E-state index in [-0.39, 0.29) is 18.5 Å². The van der Waals surface area contributed by atoms with Gasteiger partial charge in [0, 0.05) is 12.0 Å². The van der Waals surface area contributed by atoms with Crippen molar-refractivity contribution < 1.29 is 29.0 Å². The number of hydrogen-bond acceptors (Lipinski definition) is 6. The van der Waals surface area contributed by atoms with Gasteiger partial charge in [0.1, 0.15) is 11.6 Å². The molecule has 7 heteroatoms. The van der Waals surface area contributed by atoms with E-state index < -0.39 is 35.8 Å². The number of aliphatic hydroxyl groups excluding tert-OH is 1. The fourth-order valence-corrected chi connectivity index (χ4v) is 1.81. The molecule has 1 N–H and O–H groups in total. The lowest BCUT2D eigenvalue weighted by Gasteiger charge is -2.27. The van der Waals surface area contributed by atoms with E-state index >= 15 is 0 Å². The summed E-state index contributed by atoms with van der Waals surface area (Å²) in [5.74, 6) is -1.75. The normalized spacial score (nSPS) is 21.9. The van der Waals surface area contributed by atoms with Gasteiger partial charge in [-0.2, -0.15) is 0 Å². The Balaban J connectivity index is 2.79. The molecule has 0 unspecified atom stereocenters. The van der Waals surface area contributed by atoms with Crippen molar-refractivity contribution >= 4 is 18.0 Å². The molecular formula is C14H21NO6. The minimum atomic E-state index is -1.04. The van der Waals surface area contributed by atoms with Gasteiger partial charge in [-0.05, 0) is 27.7 Å². The molecule has 1 saturated heterocycles. The van der Waals surface area contributed by atoms with Crippen LogP contribution in [-0.2, 0) is 19.1 Å². The molecule has 0 spiro atoms. The third-order valence-corrected chi connectivity index (χ3v) is 2.72.